The fraction of sp³-hybridized carbons (Fsp3) is 0.467. The van der Waals surface area contributed by atoms with Gasteiger partial charge in [0.1, 0.15) is 0 Å². The molecule has 2 rings (SSSR count). The molecule has 0 aliphatic heterocycles. The first-order valence-corrected chi connectivity index (χ1v) is 6.39. The Labute approximate surface area is 108 Å². The summed E-state index contributed by atoms with van der Waals surface area (Å²) in [6.07, 6.45) is 2.38. The van der Waals surface area contributed by atoms with Crippen LogP contribution in [0, 0.1) is 5.41 Å². The largest absolute Gasteiger partial charge is 0.331 e. The summed E-state index contributed by atoms with van der Waals surface area (Å²) >= 11 is 0. The maximum Gasteiger partial charge on any atom is 0.163 e. The molecular formula is C15H20N2O. The molecule has 0 bridgehead atoms. The van der Waals surface area contributed by atoms with E-state index >= 15 is 0 Å². The molecule has 0 fully saturated rings. The predicted molar refractivity (Wildman–Crippen MR) is 73.8 cm³/mol. The number of carbonyl (C=O) groups is 1. The Morgan fingerprint density at radius 3 is 2.67 bits per heavy atom. The van der Waals surface area contributed by atoms with E-state index in [0.717, 1.165) is 23.1 Å². The van der Waals surface area contributed by atoms with E-state index in [1.54, 1.807) is 0 Å². The Hall–Kier alpha value is -1.64. The fourth-order valence-corrected chi connectivity index (χ4v) is 2.07. The van der Waals surface area contributed by atoms with Crippen molar-refractivity contribution in [2.75, 3.05) is 0 Å². The van der Waals surface area contributed by atoms with Crippen LogP contribution in [0.1, 0.15) is 44.5 Å². The zero-order valence-electron chi connectivity index (χ0n) is 11.5. The minimum Gasteiger partial charge on any atom is -0.331 e. The third kappa shape index (κ3) is 2.61. The van der Waals surface area contributed by atoms with Crippen LogP contribution in [-0.4, -0.2) is 15.3 Å². The number of Topliss-reactive ketones (excluding diaryl/α,β-unsaturated/α-hetero) is 1. The van der Waals surface area contributed by atoms with Gasteiger partial charge in [-0.1, -0.05) is 20.8 Å². The lowest BCUT2D eigenvalue weighted by Gasteiger charge is -2.16. The Morgan fingerprint density at radius 1 is 1.33 bits per heavy atom. The number of aromatic nitrogens is 2. The Kier molecular flexibility index (Phi) is 3.24. The van der Waals surface area contributed by atoms with E-state index < -0.39 is 0 Å². The minimum atomic E-state index is 0.0226. The summed E-state index contributed by atoms with van der Waals surface area (Å²) in [5.74, 6) is 0.190. The molecule has 0 atom stereocenters. The van der Waals surface area contributed by atoms with Gasteiger partial charge in [-0.25, -0.2) is 4.98 Å². The number of rotatable bonds is 3. The van der Waals surface area contributed by atoms with Gasteiger partial charge in [-0.05, 0) is 30.5 Å². The van der Waals surface area contributed by atoms with Gasteiger partial charge < -0.3 is 4.57 Å². The molecule has 96 valence electrons. The van der Waals surface area contributed by atoms with Crippen molar-refractivity contribution in [2.45, 2.75) is 40.7 Å². The maximum absolute atomic E-state index is 12.1. The van der Waals surface area contributed by atoms with Crippen molar-refractivity contribution in [1.82, 2.24) is 9.55 Å². The molecule has 0 unspecified atom stereocenters. The lowest BCUT2D eigenvalue weighted by molar-refractivity contribution is 0.0940. The van der Waals surface area contributed by atoms with E-state index in [1.807, 2.05) is 24.5 Å². The van der Waals surface area contributed by atoms with Crippen molar-refractivity contribution in [1.29, 1.82) is 0 Å². The standard InChI is InChI=1S/C15H20N2O/c1-5-17-10-16-12-8-11(6-7-13(12)17)14(18)9-15(2,3)4/h6-8,10H,5,9H2,1-4H3. The monoisotopic (exact) mass is 244 g/mol. The third-order valence-corrected chi connectivity index (χ3v) is 2.97. The van der Waals surface area contributed by atoms with Crippen LogP contribution in [0.4, 0.5) is 0 Å². The highest BCUT2D eigenvalue weighted by molar-refractivity contribution is 5.99. The van der Waals surface area contributed by atoms with E-state index in [1.165, 1.54) is 0 Å². The third-order valence-electron chi connectivity index (χ3n) is 2.97. The highest BCUT2D eigenvalue weighted by Crippen LogP contribution is 2.23. The molecule has 0 saturated heterocycles. The van der Waals surface area contributed by atoms with Crippen molar-refractivity contribution >= 4 is 16.8 Å². The Bertz CT molecular complexity index is 576. The van der Waals surface area contributed by atoms with Crippen LogP contribution in [0.25, 0.3) is 11.0 Å². The van der Waals surface area contributed by atoms with Gasteiger partial charge in [0, 0.05) is 18.5 Å². The average Bonchev–Trinajstić information content (AvgIpc) is 2.68. The van der Waals surface area contributed by atoms with Crippen LogP contribution in [0.2, 0.25) is 0 Å². The number of carbonyl (C=O) groups excluding carboxylic acids is 1. The van der Waals surface area contributed by atoms with E-state index in [9.17, 15) is 4.79 Å². The first-order chi connectivity index (χ1) is 8.40. The fourth-order valence-electron chi connectivity index (χ4n) is 2.07. The van der Waals surface area contributed by atoms with Crippen LogP contribution in [-0.2, 0) is 6.54 Å². The van der Waals surface area contributed by atoms with Gasteiger partial charge in [0.25, 0.3) is 0 Å². The number of ketones is 1. The topological polar surface area (TPSA) is 34.9 Å². The minimum absolute atomic E-state index is 0.0226. The summed E-state index contributed by atoms with van der Waals surface area (Å²) in [6, 6.07) is 5.79. The summed E-state index contributed by atoms with van der Waals surface area (Å²) in [7, 11) is 0. The predicted octanol–water partition coefficient (Wildman–Crippen LogP) is 3.68. The van der Waals surface area contributed by atoms with Crippen LogP contribution in [0.5, 0.6) is 0 Å². The first-order valence-electron chi connectivity index (χ1n) is 6.39. The summed E-state index contributed by atoms with van der Waals surface area (Å²) < 4.78 is 2.08. The van der Waals surface area contributed by atoms with E-state index in [-0.39, 0.29) is 11.2 Å². The van der Waals surface area contributed by atoms with Crippen molar-refractivity contribution in [3.05, 3.63) is 30.1 Å². The number of nitrogens with zero attached hydrogens (tertiary/aromatic N) is 2. The summed E-state index contributed by atoms with van der Waals surface area (Å²) in [5, 5.41) is 0. The molecule has 0 amide bonds. The molecule has 0 aliphatic carbocycles. The summed E-state index contributed by atoms with van der Waals surface area (Å²) in [4.78, 5) is 16.5. The van der Waals surface area contributed by atoms with Gasteiger partial charge in [0.05, 0.1) is 17.4 Å². The molecule has 0 N–H and O–H groups in total. The molecule has 3 heteroatoms. The highest BCUT2D eigenvalue weighted by Gasteiger charge is 2.17. The molecule has 0 aliphatic rings. The van der Waals surface area contributed by atoms with Gasteiger partial charge in [0.15, 0.2) is 5.78 Å². The van der Waals surface area contributed by atoms with Crippen LogP contribution in [0.3, 0.4) is 0 Å². The molecule has 1 aromatic heterocycles. The molecule has 0 radical (unpaired) electrons. The lowest BCUT2D eigenvalue weighted by Crippen LogP contribution is -2.13. The molecule has 1 heterocycles. The Balaban J connectivity index is 2.33. The molecule has 3 nitrogen and oxygen atoms in total. The van der Waals surface area contributed by atoms with E-state index in [2.05, 4.69) is 37.2 Å². The van der Waals surface area contributed by atoms with Gasteiger partial charge in [-0.15, -0.1) is 0 Å². The Morgan fingerprint density at radius 2 is 2.06 bits per heavy atom. The molecule has 2 aromatic rings. The van der Waals surface area contributed by atoms with Gasteiger partial charge in [0.2, 0.25) is 0 Å². The van der Waals surface area contributed by atoms with Gasteiger partial charge >= 0.3 is 0 Å². The zero-order valence-corrected chi connectivity index (χ0v) is 11.5. The van der Waals surface area contributed by atoms with Crippen molar-refractivity contribution in [3.8, 4) is 0 Å². The quantitative estimate of drug-likeness (QED) is 0.772. The second-order valence-corrected chi connectivity index (χ2v) is 5.89. The first kappa shape index (κ1) is 12.8. The van der Waals surface area contributed by atoms with Crippen LogP contribution < -0.4 is 0 Å². The van der Waals surface area contributed by atoms with Crippen molar-refractivity contribution in [2.24, 2.45) is 5.41 Å². The number of hydrogen-bond acceptors (Lipinski definition) is 2. The molecule has 1 aromatic carbocycles. The summed E-state index contributed by atoms with van der Waals surface area (Å²) in [6.45, 7) is 9.21. The molecule has 0 saturated carbocycles. The number of aryl methyl sites for hydroxylation is 1. The zero-order chi connectivity index (χ0) is 13.3. The van der Waals surface area contributed by atoms with Crippen molar-refractivity contribution < 1.29 is 4.79 Å². The van der Waals surface area contributed by atoms with E-state index in [0.29, 0.717) is 6.42 Å². The van der Waals surface area contributed by atoms with Crippen LogP contribution in [0.15, 0.2) is 24.5 Å². The van der Waals surface area contributed by atoms with Crippen LogP contribution >= 0.6 is 0 Å². The van der Waals surface area contributed by atoms with E-state index in [4.69, 9.17) is 0 Å². The SMILES string of the molecule is CCn1cnc2cc(C(=O)CC(C)(C)C)ccc21. The van der Waals surface area contributed by atoms with Gasteiger partial charge in [-0.2, -0.15) is 0 Å². The number of benzene rings is 1. The number of fused-ring (bicyclic) bond motifs is 1. The maximum atomic E-state index is 12.1. The number of hydrogen-bond donors (Lipinski definition) is 0. The summed E-state index contributed by atoms with van der Waals surface area (Å²) in [5.41, 5.74) is 2.77. The molecular weight excluding hydrogens is 224 g/mol. The number of imidazole rings is 1. The average molecular weight is 244 g/mol. The van der Waals surface area contributed by atoms with Gasteiger partial charge in [-0.3, -0.25) is 4.79 Å². The normalized spacial score (nSPS) is 12.0. The smallest absolute Gasteiger partial charge is 0.163 e. The lowest BCUT2D eigenvalue weighted by atomic mass is 9.88. The molecule has 0 spiro atoms. The second kappa shape index (κ2) is 4.56. The van der Waals surface area contributed by atoms with Crippen molar-refractivity contribution in [3.63, 3.8) is 0 Å². The highest BCUT2D eigenvalue weighted by atomic mass is 16.1. The molecule has 18 heavy (non-hydrogen) atoms. The second-order valence-electron chi connectivity index (χ2n) is 5.89.